The molecular weight excluding hydrogens is 226 g/mol. The average Bonchev–Trinajstić information content (AvgIpc) is 1.78. The van der Waals surface area contributed by atoms with E-state index in [0.717, 1.165) is 0 Å². The van der Waals surface area contributed by atoms with Crippen molar-refractivity contribution < 1.29 is 17.8 Å². The van der Waals surface area contributed by atoms with Crippen molar-refractivity contribution in [3.05, 3.63) is 6.42 Å². The standard InChI is InChI=1S/C7H14NO4S2/c1-7(2,5-14(10,11)12)8-6(9)3-4-13/h3,13H,4-5H2,1-2H3,(H,8,9)(H,10,11,12)/p-1. The predicted octanol–water partition coefficient (Wildman–Crippen LogP) is -0.440. The van der Waals surface area contributed by atoms with Crippen LogP contribution in [0.3, 0.4) is 0 Å². The lowest BCUT2D eigenvalue weighted by molar-refractivity contribution is -0.119. The van der Waals surface area contributed by atoms with Crippen LogP contribution >= 0.6 is 12.6 Å². The van der Waals surface area contributed by atoms with Crippen LogP contribution in [0.25, 0.3) is 0 Å². The molecule has 0 saturated heterocycles. The summed E-state index contributed by atoms with van der Waals surface area (Å²) in [6.07, 6.45) is 1.25. The zero-order valence-electron chi connectivity index (χ0n) is 7.98. The van der Waals surface area contributed by atoms with Gasteiger partial charge in [-0.3, -0.25) is 4.79 Å². The number of hydrogen-bond acceptors (Lipinski definition) is 5. The smallest absolute Gasteiger partial charge is 0.225 e. The second-order valence-corrected chi connectivity index (χ2v) is 5.23. The first-order valence-corrected chi connectivity index (χ1v) is 6.07. The molecule has 0 unspecified atom stereocenters. The molecule has 0 spiro atoms. The third kappa shape index (κ3) is 7.16. The first kappa shape index (κ1) is 13.7. The Balaban J connectivity index is 4.27. The average molecular weight is 239 g/mol. The quantitative estimate of drug-likeness (QED) is 0.503. The van der Waals surface area contributed by atoms with Crippen LogP contribution < -0.4 is 5.32 Å². The van der Waals surface area contributed by atoms with E-state index < -0.39 is 27.3 Å². The first-order chi connectivity index (χ1) is 6.16. The Labute approximate surface area is 89.4 Å². The number of rotatable bonds is 5. The van der Waals surface area contributed by atoms with Crippen molar-refractivity contribution in [1.82, 2.24) is 5.32 Å². The van der Waals surface area contributed by atoms with Gasteiger partial charge in [0.1, 0.15) is 0 Å². The molecule has 5 nitrogen and oxygen atoms in total. The van der Waals surface area contributed by atoms with E-state index in [1.165, 1.54) is 20.3 Å². The molecule has 0 aliphatic heterocycles. The molecule has 0 fully saturated rings. The van der Waals surface area contributed by atoms with Crippen molar-refractivity contribution in [2.75, 3.05) is 11.5 Å². The first-order valence-electron chi connectivity index (χ1n) is 3.86. The van der Waals surface area contributed by atoms with Gasteiger partial charge in [0.15, 0.2) is 0 Å². The minimum absolute atomic E-state index is 0.256. The van der Waals surface area contributed by atoms with Crippen molar-refractivity contribution >= 4 is 28.7 Å². The minimum Gasteiger partial charge on any atom is -0.748 e. The highest BCUT2D eigenvalue weighted by Crippen LogP contribution is 2.05. The minimum atomic E-state index is -4.34. The Morgan fingerprint density at radius 2 is 2.07 bits per heavy atom. The molecule has 1 N–H and O–H groups in total. The van der Waals surface area contributed by atoms with E-state index in [4.69, 9.17) is 0 Å². The van der Waals surface area contributed by atoms with E-state index >= 15 is 0 Å². The zero-order valence-corrected chi connectivity index (χ0v) is 9.69. The molecule has 0 rings (SSSR count). The van der Waals surface area contributed by atoms with Gasteiger partial charge in [0.25, 0.3) is 0 Å². The summed E-state index contributed by atoms with van der Waals surface area (Å²) in [4.78, 5) is 11.0. The van der Waals surface area contributed by atoms with Gasteiger partial charge in [-0.1, -0.05) is 0 Å². The summed E-state index contributed by atoms with van der Waals surface area (Å²) >= 11 is 3.80. The Bertz CT molecular complexity index is 297. The van der Waals surface area contributed by atoms with Crippen LogP contribution in [0.15, 0.2) is 0 Å². The molecule has 0 saturated carbocycles. The molecule has 83 valence electrons. The lowest BCUT2D eigenvalue weighted by Gasteiger charge is -2.27. The van der Waals surface area contributed by atoms with Crippen LogP contribution in [0.5, 0.6) is 0 Å². The van der Waals surface area contributed by atoms with Crippen molar-refractivity contribution in [1.29, 1.82) is 0 Å². The fraction of sp³-hybridized carbons (Fsp3) is 0.714. The highest BCUT2D eigenvalue weighted by Gasteiger charge is 2.22. The van der Waals surface area contributed by atoms with Crippen molar-refractivity contribution in [2.24, 2.45) is 0 Å². The topological polar surface area (TPSA) is 86.3 Å². The molecule has 0 aromatic carbocycles. The number of nitrogens with one attached hydrogen (secondary N) is 1. The van der Waals surface area contributed by atoms with Crippen molar-refractivity contribution in [3.63, 3.8) is 0 Å². The maximum atomic E-state index is 11.0. The maximum absolute atomic E-state index is 11.0. The summed E-state index contributed by atoms with van der Waals surface area (Å²) in [6, 6.07) is 0. The second-order valence-electron chi connectivity index (χ2n) is 3.46. The SMILES string of the molecule is CC(C)(CS(=O)(=O)[O-])NC(=O)[CH]CS. The zero-order chi connectivity index (χ0) is 11.4. The van der Waals surface area contributed by atoms with Crippen LogP contribution in [0.4, 0.5) is 0 Å². The second kappa shape index (κ2) is 4.99. The Hall–Kier alpha value is -0.270. The lowest BCUT2D eigenvalue weighted by atomic mass is 10.1. The fourth-order valence-corrected chi connectivity index (χ4v) is 2.07. The summed E-state index contributed by atoms with van der Waals surface area (Å²) < 4.78 is 31.4. The number of hydrogen-bond donors (Lipinski definition) is 2. The molecule has 0 bridgehead atoms. The third-order valence-electron chi connectivity index (χ3n) is 1.28. The molecule has 0 atom stereocenters. The molecular formula is C7H13NO4S2-. The van der Waals surface area contributed by atoms with Gasteiger partial charge in [0.05, 0.1) is 22.3 Å². The molecule has 1 radical (unpaired) electrons. The molecule has 14 heavy (non-hydrogen) atoms. The third-order valence-corrected chi connectivity index (χ3v) is 2.53. The molecule has 0 heterocycles. The molecule has 0 aliphatic carbocycles. The molecule has 7 heteroatoms. The van der Waals surface area contributed by atoms with Crippen molar-refractivity contribution in [2.45, 2.75) is 19.4 Å². The van der Waals surface area contributed by atoms with E-state index in [-0.39, 0.29) is 5.75 Å². The Morgan fingerprint density at radius 3 is 2.43 bits per heavy atom. The highest BCUT2D eigenvalue weighted by molar-refractivity contribution is 7.85. The predicted molar refractivity (Wildman–Crippen MR) is 54.9 cm³/mol. The lowest BCUT2D eigenvalue weighted by Crippen LogP contribution is -2.48. The van der Waals surface area contributed by atoms with Gasteiger partial charge >= 0.3 is 0 Å². The van der Waals surface area contributed by atoms with Gasteiger partial charge in [0.2, 0.25) is 5.91 Å². The largest absolute Gasteiger partial charge is 0.748 e. The normalized spacial score (nSPS) is 12.6. The summed E-state index contributed by atoms with van der Waals surface area (Å²) in [7, 11) is -4.34. The van der Waals surface area contributed by atoms with E-state index in [1.54, 1.807) is 0 Å². The number of thiol groups is 1. The van der Waals surface area contributed by atoms with Gasteiger partial charge in [-0.25, -0.2) is 8.42 Å². The van der Waals surface area contributed by atoms with Gasteiger partial charge in [-0.15, -0.1) is 0 Å². The van der Waals surface area contributed by atoms with Crippen LogP contribution in [-0.4, -0.2) is 35.9 Å². The van der Waals surface area contributed by atoms with Crippen LogP contribution in [0.1, 0.15) is 13.8 Å². The number of amides is 1. The summed E-state index contributed by atoms with van der Waals surface area (Å²) in [5.74, 6) is -0.813. The van der Waals surface area contributed by atoms with Crippen molar-refractivity contribution in [3.8, 4) is 0 Å². The molecule has 0 aromatic rings. The summed E-state index contributed by atoms with van der Waals surface area (Å²) in [5, 5.41) is 2.39. The van der Waals surface area contributed by atoms with E-state index in [2.05, 4.69) is 17.9 Å². The van der Waals surface area contributed by atoms with Gasteiger partial charge in [-0.2, -0.15) is 12.6 Å². The molecule has 0 aromatic heterocycles. The van der Waals surface area contributed by atoms with Crippen LogP contribution in [-0.2, 0) is 14.9 Å². The molecule has 0 aliphatic rings. The summed E-state index contributed by atoms with van der Waals surface area (Å²) in [5.41, 5.74) is -1.06. The Morgan fingerprint density at radius 1 is 1.57 bits per heavy atom. The number of carbonyl (C=O) groups is 1. The highest BCUT2D eigenvalue weighted by atomic mass is 32.2. The van der Waals surface area contributed by atoms with E-state index in [1.807, 2.05) is 0 Å². The maximum Gasteiger partial charge on any atom is 0.225 e. The van der Waals surface area contributed by atoms with E-state index in [0.29, 0.717) is 0 Å². The van der Waals surface area contributed by atoms with Gasteiger partial charge in [0, 0.05) is 11.3 Å². The molecule has 1 amide bonds. The monoisotopic (exact) mass is 239 g/mol. The fourth-order valence-electron chi connectivity index (χ4n) is 0.945. The number of carbonyl (C=O) groups excluding carboxylic acids is 1. The summed E-state index contributed by atoms with van der Waals surface area (Å²) in [6.45, 7) is 2.93. The van der Waals surface area contributed by atoms with Gasteiger partial charge in [-0.05, 0) is 13.8 Å². The van der Waals surface area contributed by atoms with Crippen LogP contribution in [0, 0.1) is 6.42 Å². The van der Waals surface area contributed by atoms with Gasteiger partial charge < -0.3 is 9.87 Å². The Kier molecular flexibility index (Phi) is 4.90. The van der Waals surface area contributed by atoms with E-state index in [9.17, 15) is 17.8 Å². The van der Waals surface area contributed by atoms with Crippen LogP contribution in [0.2, 0.25) is 0 Å².